The molecule has 38 heavy (non-hydrogen) atoms. The number of nitrogens with zero attached hydrogens (tertiary/aromatic N) is 2. The summed E-state index contributed by atoms with van der Waals surface area (Å²) in [7, 11) is -3.17. The zero-order chi connectivity index (χ0) is 28.2. The molecule has 2 aromatic carbocycles. The number of rotatable bonds is 6. The molecule has 1 aliphatic rings. The van der Waals surface area contributed by atoms with Crippen molar-refractivity contribution < 1.29 is 40.8 Å². The van der Waals surface area contributed by atoms with Gasteiger partial charge in [-0.15, -0.1) is 10.2 Å². The minimum Gasteiger partial charge on any atom is -0.433 e. The first kappa shape index (κ1) is 27.4. The number of nitrogens with one attached hydrogen (secondary N) is 2. The first-order valence-corrected chi connectivity index (χ1v) is 13.0. The third-order valence-electron chi connectivity index (χ3n) is 5.99. The van der Waals surface area contributed by atoms with Crippen molar-refractivity contribution in [3.63, 3.8) is 0 Å². The number of hydrogen-bond donors (Lipinski definition) is 3. The maximum Gasteiger partial charge on any atom is 0.435 e. The largest absolute Gasteiger partial charge is 0.435 e. The van der Waals surface area contributed by atoms with Crippen LogP contribution in [-0.2, 0) is 21.5 Å². The van der Waals surface area contributed by atoms with Crippen molar-refractivity contribution in [2.24, 2.45) is 0 Å². The van der Waals surface area contributed by atoms with E-state index in [9.17, 15) is 36.1 Å². The zero-order valence-electron chi connectivity index (χ0n) is 20.2. The predicted molar refractivity (Wildman–Crippen MR) is 126 cm³/mol. The minimum absolute atomic E-state index is 0.000446. The number of anilines is 1. The Kier molecular flexibility index (Phi) is 6.68. The molecule has 3 N–H and O–H groups in total. The molecule has 0 saturated heterocycles. The summed E-state index contributed by atoms with van der Waals surface area (Å²) in [6, 6.07) is 6.47. The van der Waals surface area contributed by atoms with Gasteiger partial charge in [-0.25, -0.2) is 13.4 Å². The fourth-order valence-corrected chi connectivity index (χ4v) is 4.49. The normalized spacial score (nSPS) is 16.0. The van der Waals surface area contributed by atoms with Crippen LogP contribution in [0.2, 0.25) is 0 Å². The van der Waals surface area contributed by atoms with E-state index in [2.05, 4.69) is 15.5 Å². The second-order valence-corrected chi connectivity index (χ2v) is 11.2. The zero-order valence-corrected chi connectivity index (χ0v) is 21.0. The lowest BCUT2D eigenvalue weighted by atomic mass is 10.0. The highest BCUT2D eigenvalue weighted by molar-refractivity contribution is 7.91. The fraction of sp³-hybridized carbons (Fsp3) is 0.292. The van der Waals surface area contributed by atoms with Gasteiger partial charge in [-0.05, 0) is 62.1 Å². The lowest BCUT2D eigenvalue weighted by Gasteiger charge is -2.18. The van der Waals surface area contributed by atoms with Gasteiger partial charge in [0.1, 0.15) is 5.56 Å². The first-order chi connectivity index (χ1) is 17.5. The Morgan fingerprint density at radius 2 is 1.82 bits per heavy atom. The summed E-state index contributed by atoms with van der Waals surface area (Å²) in [5.74, 6) is -5.66. The molecule has 1 fully saturated rings. The SMILES string of the molecule is Cc1cc(C2(O)CC2)c(F)c(F)c1Oc1nnc(C(F)(F)F)c(C)c1C(=O)Nc1cccc(S(C)(=N)=O)c1. The number of aliphatic hydroxyl groups is 1. The molecular formula is C24H21F5N4O4S. The smallest absolute Gasteiger partial charge is 0.433 e. The Morgan fingerprint density at radius 1 is 1.16 bits per heavy atom. The summed E-state index contributed by atoms with van der Waals surface area (Å²) in [6.45, 7) is 2.26. The third-order valence-corrected chi connectivity index (χ3v) is 7.15. The van der Waals surface area contributed by atoms with Crippen LogP contribution in [0.4, 0.5) is 27.6 Å². The van der Waals surface area contributed by atoms with Crippen LogP contribution in [-0.4, -0.2) is 31.7 Å². The molecule has 3 aromatic rings. The fourth-order valence-electron chi connectivity index (χ4n) is 3.80. The predicted octanol–water partition coefficient (Wildman–Crippen LogP) is 5.45. The van der Waals surface area contributed by atoms with Crippen molar-refractivity contribution in [2.45, 2.75) is 43.4 Å². The molecule has 1 amide bonds. The topological polar surface area (TPSA) is 125 Å². The first-order valence-electron chi connectivity index (χ1n) is 11.0. The maximum absolute atomic E-state index is 15.0. The number of amides is 1. The van der Waals surface area contributed by atoms with Crippen LogP contribution in [0.1, 0.15) is 45.6 Å². The van der Waals surface area contributed by atoms with Gasteiger partial charge in [0, 0.05) is 22.4 Å². The molecule has 0 aliphatic heterocycles. The van der Waals surface area contributed by atoms with Crippen LogP contribution in [0.15, 0.2) is 35.2 Å². The number of aryl methyl sites for hydroxylation is 1. The van der Waals surface area contributed by atoms with Gasteiger partial charge in [0.2, 0.25) is 5.82 Å². The van der Waals surface area contributed by atoms with E-state index in [4.69, 9.17) is 9.52 Å². The highest BCUT2D eigenvalue weighted by Gasteiger charge is 2.45. The van der Waals surface area contributed by atoms with E-state index < -0.39 is 67.5 Å². The van der Waals surface area contributed by atoms with E-state index in [-0.39, 0.29) is 34.6 Å². The number of ether oxygens (including phenoxy) is 1. The van der Waals surface area contributed by atoms with Gasteiger partial charge < -0.3 is 15.2 Å². The molecular weight excluding hydrogens is 535 g/mol. The van der Waals surface area contributed by atoms with Gasteiger partial charge >= 0.3 is 6.18 Å². The molecule has 0 radical (unpaired) electrons. The summed E-state index contributed by atoms with van der Waals surface area (Å²) >= 11 is 0. The molecule has 14 heteroatoms. The maximum atomic E-state index is 15.0. The average molecular weight is 557 g/mol. The van der Waals surface area contributed by atoms with Crippen LogP contribution in [0.25, 0.3) is 0 Å². The van der Waals surface area contributed by atoms with E-state index in [1.165, 1.54) is 31.2 Å². The monoisotopic (exact) mass is 556 g/mol. The molecule has 202 valence electrons. The summed E-state index contributed by atoms with van der Waals surface area (Å²) in [5.41, 5.74) is -4.76. The molecule has 1 saturated carbocycles. The van der Waals surface area contributed by atoms with E-state index in [0.717, 1.165) is 19.2 Å². The second kappa shape index (κ2) is 9.27. The molecule has 0 spiro atoms. The Bertz CT molecular complexity index is 1570. The Morgan fingerprint density at radius 3 is 2.39 bits per heavy atom. The molecule has 1 unspecified atom stereocenters. The van der Waals surface area contributed by atoms with Crippen molar-refractivity contribution >= 4 is 21.3 Å². The van der Waals surface area contributed by atoms with Crippen molar-refractivity contribution in [1.82, 2.24) is 10.2 Å². The quantitative estimate of drug-likeness (QED) is 0.347. The van der Waals surface area contributed by atoms with Crippen LogP contribution >= 0.6 is 0 Å². The van der Waals surface area contributed by atoms with Crippen LogP contribution in [0, 0.1) is 30.3 Å². The summed E-state index contributed by atoms with van der Waals surface area (Å²) < 4.78 is 95.5. The molecule has 1 aromatic heterocycles. The van der Waals surface area contributed by atoms with E-state index in [0.29, 0.717) is 0 Å². The van der Waals surface area contributed by atoms with Gasteiger partial charge in [-0.1, -0.05) is 6.07 Å². The molecule has 1 aliphatic carbocycles. The summed E-state index contributed by atoms with van der Waals surface area (Å²) in [4.78, 5) is 13.2. The molecule has 8 nitrogen and oxygen atoms in total. The number of carbonyl (C=O) groups is 1. The van der Waals surface area contributed by atoms with Crippen molar-refractivity contribution in [2.75, 3.05) is 11.6 Å². The minimum atomic E-state index is -5.00. The Labute approximate surface area is 213 Å². The number of hydrogen-bond acceptors (Lipinski definition) is 7. The summed E-state index contributed by atoms with van der Waals surface area (Å²) in [5, 5.41) is 19.0. The van der Waals surface area contributed by atoms with Gasteiger partial charge in [0.05, 0.1) is 15.3 Å². The van der Waals surface area contributed by atoms with Gasteiger partial charge in [0.25, 0.3) is 11.8 Å². The standard InChI is InChI=1S/C24H21F5N4O4S/c1-11-9-15(23(35)7-8-23)17(25)18(26)19(11)37-22-16(12(2)20(32-33-22)24(27,28)29)21(34)31-13-5-4-6-14(10-13)38(3,30)36/h4-6,9-10,30,35H,7-8H2,1-3H3,(H,31,34). The van der Waals surface area contributed by atoms with Crippen molar-refractivity contribution in [3.8, 4) is 11.6 Å². The highest BCUT2D eigenvalue weighted by Crippen LogP contribution is 2.48. The van der Waals surface area contributed by atoms with E-state index in [1.54, 1.807) is 0 Å². The molecule has 1 atom stereocenters. The second-order valence-electron chi connectivity index (χ2n) is 9.01. The van der Waals surface area contributed by atoms with Gasteiger partial charge in [-0.3, -0.25) is 4.79 Å². The number of halogens is 5. The van der Waals surface area contributed by atoms with Gasteiger partial charge in [0.15, 0.2) is 17.3 Å². The number of aromatic nitrogens is 2. The van der Waals surface area contributed by atoms with Crippen LogP contribution < -0.4 is 10.1 Å². The Balaban J connectivity index is 1.80. The van der Waals surface area contributed by atoms with E-state index >= 15 is 0 Å². The van der Waals surface area contributed by atoms with Gasteiger partial charge in [-0.2, -0.15) is 17.6 Å². The number of benzene rings is 2. The molecule has 0 bridgehead atoms. The van der Waals surface area contributed by atoms with Crippen LogP contribution in [0.5, 0.6) is 11.6 Å². The van der Waals surface area contributed by atoms with Crippen molar-refractivity contribution in [1.29, 1.82) is 4.78 Å². The number of alkyl halides is 3. The Hall–Kier alpha value is -3.65. The van der Waals surface area contributed by atoms with Crippen LogP contribution in [0.3, 0.4) is 0 Å². The third kappa shape index (κ3) is 5.18. The molecule has 1 heterocycles. The average Bonchev–Trinajstić information content (AvgIpc) is 3.56. The lowest BCUT2D eigenvalue weighted by molar-refractivity contribution is -0.142. The number of carbonyl (C=O) groups excluding carboxylic acids is 1. The highest BCUT2D eigenvalue weighted by atomic mass is 32.2. The molecule has 4 rings (SSSR count). The lowest BCUT2D eigenvalue weighted by Crippen LogP contribution is -2.21. The van der Waals surface area contributed by atoms with Crippen molar-refractivity contribution in [3.05, 3.63) is 69.9 Å². The summed E-state index contributed by atoms with van der Waals surface area (Å²) in [6.07, 6.45) is -3.40. The van der Waals surface area contributed by atoms with E-state index in [1.807, 2.05) is 0 Å².